The van der Waals surface area contributed by atoms with E-state index >= 15 is 0 Å². The van der Waals surface area contributed by atoms with Crippen LogP contribution in [0.15, 0.2) is 66.7 Å². The number of nitrogens with one attached hydrogen (secondary N) is 2. The van der Waals surface area contributed by atoms with E-state index in [2.05, 4.69) is 47.6 Å². The summed E-state index contributed by atoms with van der Waals surface area (Å²) in [5.41, 5.74) is 3.66. The van der Waals surface area contributed by atoms with Gasteiger partial charge in [-0.15, -0.1) is 0 Å². The summed E-state index contributed by atoms with van der Waals surface area (Å²) in [6.07, 6.45) is 3.41. The number of para-hydroxylation sites is 1. The van der Waals surface area contributed by atoms with Crippen LogP contribution in [-0.4, -0.2) is 48.9 Å². The fraction of sp³-hybridized carbons (Fsp3) is 0.459. The molecule has 0 radical (unpaired) electrons. The molecule has 46 heavy (non-hydrogen) atoms. The highest BCUT2D eigenvalue weighted by atomic mass is 19.4. The van der Waals surface area contributed by atoms with Crippen LogP contribution >= 0.6 is 0 Å². The molecule has 1 saturated heterocycles. The number of benzene rings is 3. The highest BCUT2D eigenvalue weighted by molar-refractivity contribution is 5.97. The number of likely N-dealkylation sites (tertiary alicyclic amines) is 1. The lowest BCUT2D eigenvalue weighted by molar-refractivity contribution is -0.137. The third kappa shape index (κ3) is 10.3. The molecule has 4 rings (SSSR count). The third-order valence-corrected chi connectivity index (χ3v) is 8.63. The molecular weight excluding hydrogens is 591 g/mol. The zero-order chi connectivity index (χ0) is 32.9. The molecule has 0 aliphatic carbocycles. The maximum atomic E-state index is 13.1. The minimum atomic E-state index is -4.48. The lowest BCUT2D eigenvalue weighted by Gasteiger charge is -2.32. The highest BCUT2D eigenvalue weighted by Gasteiger charge is 2.31. The van der Waals surface area contributed by atoms with Crippen LogP contribution < -0.4 is 15.4 Å². The van der Waals surface area contributed by atoms with Crippen molar-refractivity contribution < 1.29 is 27.5 Å². The molecule has 248 valence electrons. The summed E-state index contributed by atoms with van der Waals surface area (Å²) >= 11 is 0. The molecular formula is C37H46F3N3O3. The first-order valence-electron chi connectivity index (χ1n) is 16.5. The molecule has 0 bridgehead atoms. The number of carbonyl (C=O) groups excluding carboxylic acids is 2. The van der Waals surface area contributed by atoms with Crippen molar-refractivity contribution in [2.45, 2.75) is 83.9 Å². The summed E-state index contributed by atoms with van der Waals surface area (Å²) in [5.74, 6) is 0.0286. The zero-order valence-corrected chi connectivity index (χ0v) is 26.9. The van der Waals surface area contributed by atoms with Crippen molar-refractivity contribution in [1.29, 1.82) is 0 Å². The number of halogens is 3. The smallest absolute Gasteiger partial charge is 0.416 e. The lowest BCUT2D eigenvalue weighted by Crippen LogP contribution is -2.45. The number of ether oxygens (including phenoxy) is 1. The molecule has 1 heterocycles. The normalized spacial score (nSPS) is 14.2. The highest BCUT2D eigenvalue weighted by Crippen LogP contribution is 2.33. The molecule has 0 unspecified atom stereocenters. The molecule has 1 aliphatic heterocycles. The van der Waals surface area contributed by atoms with Gasteiger partial charge in [-0.2, -0.15) is 13.2 Å². The Kier molecular flexibility index (Phi) is 13.1. The summed E-state index contributed by atoms with van der Waals surface area (Å²) in [4.78, 5) is 27.9. The molecule has 6 nitrogen and oxygen atoms in total. The van der Waals surface area contributed by atoms with Crippen molar-refractivity contribution in [2.24, 2.45) is 0 Å². The number of nitrogens with zero attached hydrogens (tertiary/aromatic N) is 1. The van der Waals surface area contributed by atoms with Crippen molar-refractivity contribution in [3.63, 3.8) is 0 Å². The van der Waals surface area contributed by atoms with Crippen LogP contribution in [0.2, 0.25) is 0 Å². The van der Waals surface area contributed by atoms with Crippen LogP contribution in [0.5, 0.6) is 11.5 Å². The number of carbonyl (C=O) groups is 2. The quantitative estimate of drug-likeness (QED) is 0.167. The van der Waals surface area contributed by atoms with Crippen LogP contribution in [0.3, 0.4) is 0 Å². The van der Waals surface area contributed by atoms with Crippen molar-refractivity contribution in [3.8, 4) is 11.5 Å². The maximum Gasteiger partial charge on any atom is 0.416 e. The monoisotopic (exact) mass is 637 g/mol. The summed E-state index contributed by atoms with van der Waals surface area (Å²) in [6.45, 7) is 7.70. The van der Waals surface area contributed by atoms with Gasteiger partial charge in [0, 0.05) is 32.1 Å². The van der Waals surface area contributed by atoms with Gasteiger partial charge in [0.25, 0.3) is 5.91 Å². The fourth-order valence-electron chi connectivity index (χ4n) is 6.04. The van der Waals surface area contributed by atoms with Crippen LogP contribution in [-0.2, 0) is 30.2 Å². The summed E-state index contributed by atoms with van der Waals surface area (Å²) in [6, 6.07) is 17.7. The first-order valence-corrected chi connectivity index (χ1v) is 16.5. The van der Waals surface area contributed by atoms with Crippen LogP contribution in [0.1, 0.15) is 85.0 Å². The second-order valence-electron chi connectivity index (χ2n) is 11.9. The first kappa shape index (κ1) is 35.0. The van der Waals surface area contributed by atoms with E-state index in [1.165, 1.54) is 28.8 Å². The van der Waals surface area contributed by atoms with Gasteiger partial charge in [0.15, 0.2) is 0 Å². The fourth-order valence-corrected chi connectivity index (χ4v) is 6.04. The predicted molar refractivity (Wildman–Crippen MR) is 175 cm³/mol. The molecule has 0 aromatic heterocycles. The maximum absolute atomic E-state index is 13.1. The molecule has 1 aliphatic rings. The topological polar surface area (TPSA) is 70.7 Å². The number of rotatable bonds is 15. The number of aryl methyl sites for hydroxylation is 2. The largest absolute Gasteiger partial charge is 0.457 e. The van der Waals surface area contributed by atoms with Crippen molar-refractivity contribution in [3.05, 3.63) is 94.5 Å². The lowest BCUT2D eigenvalue weighted by atomic mass is 9.93. The van der Waals surface area contributed by atoms with E-state index in [0.29, 0.717) is 13.0 Å². The number of amides is 2. The SMILES string of the molecule is CCc1cccc(CC)c1CCCC(=O)NCCCCN1CCC(NC(=O)c2ccccc2Oc2cccc(C(F)(F)F)c2)CC1. The number of alkyl halides is 3. The van der Waals surface area contributed by atoms with Crippen LogP contribution in [0, 0.1) is 0 Å². The van der Waals surface area contributed by atoms with Crippen LogP contribution in [0.25, 0.3) is 0 Å². The Bertz CT molecular complexity index is 1410. The van der Waals surface area contributed by atoms with E-state index in [1.54, 1.807) is 24.3 Å². The average molecular weight is 638 g/mol. The molecule has 2 N–H and O–H groups in total. The average Bonchev–Trinajstić information content (AvgIpc) is 3.05. The summed E-state index contributed by atoms with van der Waals surface area (Å²) < 4.78 is 45.1. The second-order valence-corrected chi connectivity index (χ2v) is 11.9. The number of piperidine rings is 1. The number of hydrogen-bond acceptors (Lipinski definition) is 4. The molecule has 9 heteroatoms. The van der Waals surface area contributed by atoms with Gasteiger partial charge in [-0.05, 0) is 105 Å². The standard InChI is InChI=1S/C37H46F3N3O3/c1-3-27-12-9-13-28(4-2)32(27)17-11-19-35(44)41-22-7-8-23-43-24-20-30(21-25-43)42-36(45)33-16-5-6-18-34(33)46-31-15-10-14-29(26-31)37(38,39)40/h5-6,9-10,12-16,18,26,30H,3-4,7-8,11,17,19-25H2,1-2H3,(H,41,44)(H,42,45). The van der Waals surface area contributed by atoms with Crippen molar-refractivity contribution in [1.82, 2.24) is 15.5 Å². The zero-order valence-electron chi connectivity index (χ0n) is 26.9. The summed E-state index contributed by atoms with van der Waals surface area (Å²) in [5, 5.41) is 6.14. The molecule has 0 spiro atoms. The summed E-state index contributed by atoms with van der Waals surface area (Å²) in [7, 11) is 0. The van der Waals surface area contributed by atoms with Gasteiger partial charge in [-0.25, -0.2) is 0 Å². The van der Waals surface area contributed by atoms with E-state index in [-0.39, 0.29) is 34.9 Å². The second kappa shape index (κ2) is 17.2. The van der Waals surface area contributed by atoms with Gasteiger partial charge in [0.2, 0.25) is 5.91 Å². The van der Waals surface area contributed by atoms with E-state index in [1.807, 2.05) is 0 Å². The van der Waals surface area contributed by atoms with Crippen molar-refractivity contribution >= 4 is 11.8 Å². The van der Waals surface area contributed by atoms with E-state index in [4.69, 9.17) is 4.74 Å². The van der Waals surface area contributed by atoms with Gasteiger partial charge >= 0.3 is 6.18 Å². The van der Waals surface area contributed by atoms with Gasteiger partial charge < -0.3 is 20.3 Å². The third-order valence-electron chi connectivity index (χ3n) is 8.63. The van der Waals surface area contributed by atoms with E-state index in [9.17, 15) is 22.8 Å². The van der Waals surface area contributed by atoms with Gasteiger partial charge in [0.1, 0.15) is 11.5 Å². The Labute approximate surface area is 270 Å². The predicted octanol–water partition coefficient (Wildman–Crippen LogP) is 7.74. The van der Waals surface area contributed by atoms with Gasteiger partial charge in [-0.3, -0.25) is 9.59 Å². The minimum absolute atomic E-state index is 0.00217. The van der Waals surface area contributed by atoms with Crippen LogP contribution in [0.4, 0.5) is 13.2 Å². The molecule has 0 saturated carbocycles. The molecule has 0 atom stereocenters. The molecule has 2 amide bonds. The molecule has 3 aromatic rings. The van der Waals surface area contributed by atoms with Gasteiger partial charge in [-0.1, -0.05) is 50.2 Å². The Morgan fingerprint density at radius 3 is 2.28 bits per heavy atom. The van der Waals surface area contributed by atoms with Crippen molar-refractivity contribution in [2.75, 3.05) is 26.2 Å². The first-order chi connectivity index (χ1) is 22.2. The Morgan fingerprint density at radius 1 is 0.891 bits per heavy atom. The number of unbranched alkanes of at least 4 members (excludes halogenated alkanes) is 1. The Hall–Kier alpha value is -3.85. The van der Waals surface area contributed by atoms with Gasteiger partial charge in [0.05, 0.1) is 11.1 Å². The Balaban J connectivity index is 1.12. The molecule has 3 aromatic carbocycles. The van der Waals surface area contributed by atoms with E-state index in [0.717, 1.165) is 83.1 Å². The minimum Gasteiger partial charge on any atom is -0.457 e. The number of hydrogen-bond donors (Lipinski definition) is 2. The van der Waals surface area contributed by atoms with E-state index < -0.39 is 11.7 Å². The molecule has 1 fully saturated rings. The Morgan fingerprint density at radius 2 is 1.59 bits per heavy atom.